The largest absolute Gasteiger partial charge is 0.352 e. The number of nitrogens with one attached hydrogen (secondary N) is 3. The fourth-order valence-corrected chi connectivity index (χ4v) is 2.22. The number of hydrogen-bond donors (Lipinski definition) is 4. The highest BCUT2D eigenvalue weighted by atomic mass is 16.2. The van der Waals surface area contributed by atoms with Crippen molar-refractivity contribution in [2.24, 2.45) is 5.73 Å². The monoisotopic (exact) mass is 301 g/mol. The van der Waals surface area contributed by atoms with E-state index in [0.717, 1.165) is 16.8 Å². The van der Waals surface area contributed by atoms with Crippen molar-refractivity contribution in [3.05, 3.63) is 53.3 Å². The van der Waals surface area contributed by atoms with E-state index in [9.17, 15) is 9.59 Å². The summed E-state index contributed by atoms with van der Waals surface area (Å²) in [7, 11) is 0. The summed E-state index contributed by atoms with van der Waals surface area (Å²) in [5.74, 6) is -0.184. The van der Waals surface area contributed by atoms with Gasteiger partial charge >= 0.3 is 6.03 Å². The Labute approximate surface area is 128 Å². The second-order valence-electron chi connectivity index (χ2n) is 4.98. The summed E-state index contributed by atoms with van der Waals surface area (Å²) in [6, 6.07) is 8.22. The topological polar surface area (TPSA) is 113 Å². The molecule has 0 aliphatic rings. The van der Waals surface area contributed by atoms with E-state index in [1.807, 2.05) is 31.2 Å². The third-order valence-corrected chi connectivity index (χ3v) is 3.30. The average Bonchev–Trinajstić information content (AvgIpc) is 2.98. The lowest BCUT2D eigenvalue weighted by Gasteiger charge is -2.19. The van der Waals surface area contributed by atoms with Crippen LogP contribution in [0.1, 0.15) is 29.3 Å². The Kier molecular flexibility index (Phi) is 5.13. The van der Waals surface area contributed by atoms with Crippen LogP contribution in [-0.4, -0.2) is 22.1 Å². The molecule has 0 aliphatic carbocycles. The van der Waals surface area contributed by atoms with Crippen molar-refractivity contribution in [1.82, 2.24) is 20.8 Å². The van der Waals surface area contributed by atoms with Gasteiger partial charge in [-0.1, -0.05) is 24.3 Å². The number of amides is 3. The molecule has 0 spiro atoms. The van der Waals surface area contributed by atoms with Crippen LogP contribution in [0.15, 0.2) is 36.5 Å². The van der Waals surface area contributed by atoms with Gasteiger partial charge in [0.1, 0.15) is 0 Å². The first-order valence-electron chi connectivity index (χ1n) is 6.92. The van der Waals surface area contributed by atoms with Crippen molar-refractivity contribution < 1.29 is 9.59 Å². The molecule has 2 rings (SSSR count). The maximum Gasteiger partial charge on any atom is 0.312 e. The molecule has 0 radical (unpaired) electrons. The summed E-state index contributed by atoms with van der Waals surface area (Å²) in [5, 5.41) is 12.0. The molecule has 2 aromatic rings. The molecule has 0 saturated heterocycles. The molecule has 5 N–H and O–H groups in total. The number of nitrogens with zero attached hydrogens (tertiary/aromatic N) is 1. The quantitative estimate of drug-likeness (QED) is 0.641. The Morgan fingerprint density at radius 3 is 2.73 bits per heavy atom. The van der Waals surface area contributed by atoms with Crippen LogP contribution in [0.3, 0.4) is 0 Å². The Balaban J connectivity index is 2.01. The number of carbonyl (C=O) groups excluding carboxylic acids is 2. The second kappa shape index (κ2) is 7.26. The Hall–Kier alpha value is -2.83. The molecular weight excluding hydrogens is 282 g/mol. The number of aromatic amines is 1. The molecule has 1 heterocycles. The summed E-state index contributed by atoms with van der Waals surface area (Å²) in [6.07, 6.45) is 1.73. The Morgan fingerprint density at radius 2 is 2.09 bits per heavy atom. The Bertz CT molecular complexity index is 639. The molecule has 0 unspecified atom stereocenters. The van der Waals surface area contributed by atoms with Crippen molar-refractivity contribution in [3.63, 3.8) is 0 Å². The van der Waals surface area contributed by atoms with Crippen molar-refractivity contribution in [2.75, 3.05) is 0 Å². The average molecular weight is 301 g/mol. The van der Waals surface area contributed by atoms with Crippen LogP contribution in [0.2, 0.25) is 0 Å². The molecule has 116 valence electrons. The lowest BCUT2D eigenvalue weighted by Crippen LogP contribution is -2.36. The number of aromatic nitrogens is 2. The van der Waals surface area contributed by atoms with Crippen LogP contribution >= 0.6 is 0 Å². The number of urea groups is 1. The van der Waals surface area contributed by atoms with E-state index in [2.05, 4.69) is 20.8 Å². The first-order chi connectivity index (χ1) is 10.6. The smallest absolute Gasteiger partial charge is 0.312 e. The van der Waals surface area contributed by atoms with E-state index in [-0.39, 0.29) is 12.3 Å². The van der Waals surface area contributed by atoms with E-state index in [1.54, 1.807) is 12.3 Å². The molecule has 1 aromatic carbocycles. The zero-order valence-electron chi connectivity index (χ0n) is 12.3. The number of hydrogen-bond acceptors (Lipinski definition) is 3. The van der Waals surface area contributed by atoms with Gasteiger partial charge in [0.05, 0.1) is 24.7 Å². The molecular formula is C15H19N5O2. The molecule has 3 amide bonds. The predicted molar refractivity (Wildman–Crippen MR) is 81.7 cm³/mol. The van der Waals surface area contributed by atoms with Gasteiger partial charge in [-0.2, -0.15) is 5.10 Å². The predicted octanol–water partition coefficient (Wildman–Crippen LogP) is 1.13. The van der Waals surface area contributed by atoms with Gasteiger partial charge in [-0.15, -0.1) is 0 Å². The number of aryl methyl sites for hydroxylation is 1. The zero-order chi connectivity index (χ0) is 15.9. The SMILES string of the molecule is Cc1ccccc1[C@H](CC(=O)NCc1ccn[nH]1)NC(N)=O. The number of primary amides is 1. The fraction of sp³-hybridized carbons (Fsp3) is 0.267. The number of rotatable bonds is 6. The number of H-pyrrole nitrogens is 1. The summed E-state index contributed by atoms with van der Waals surface area (Å²) >= 11 is 0. The third-order valence-electron chi connectivity index (χ3n) is 3.30. The van der Waals surface area contributed by atoms with Crippen LogP contribution < -0.4 is 16.4 Å². The van der Waals surface area contributed by atoms with E-state index in [0.29, 0.717) is 6.54 Å². The van der Waals surface area contributed by atoms with Crippen LogP contribution in [0, 0.1) is 6.92 Å². The fourth-order valence-electron chi connectivity index (χ4n) is 2.22. The standard InChI is InChI=1S/C15H19N5O2/c1-10-4-2-3-5-12(10)13(19-15(16)22)8-14(21)17-9-11-6-7-18-20-11/h2-7,13H,8-9H2,1H3,(H,17,21)(H,18,20)(H3,16,19,22)/t13-/m0/s1. The molecule has 7 nitrogen and oxygen atoms in total. The van der Waals surface area contributed by atoms with Gasteiger partial charge in [0, 0.05) is 6.20 Å². The molecule has 7 heteroatoms. The molecule has 0 saturated carbocycles. The van der Waals surface area contributed by atoms with Gasteiger partial charge in [-0.05, 0) is 24.1 Å². The van der Waals surface area contributed by atoms with Gasteiger partial charge in [0.2, 0.25) is 5.91 Å². The van der Waals surface area contributed by atoms with Gasteiger partial charge in [-0.25, -0.2) is 4.79 Å². The summed E-state index contributed by atoms with van der Waals surface area (Å²) < 4.78 is 0. The van der Waals surface area contributed by atoms with E-state index < -0.39 is 12.1 Å². The maximum absolute atomic E-state index is 12.1. The van der Waals surface area contributed by atoms with Gasteiger partial charge in [0.15, 0.2) is 0 Å². The van der Waals surface area contributed by atoms with Gasteiger partial charge in [-0.3, -0.25) is 9.89 Å². The van der Waals surface area contributed by atoms with Crippen LogP contribution in [-0.2, 0) is 11.3 Å². The molecule has 0 aliphatic heterocycles. The highest BCUT2D eigenvalue weighted by Gasteiger charge is 2.18. The van der Waals surface area contributed by atoms with Gasteiger partial charge < -0.3 is 16.4 Å². The molecule has 0 bridgehead atoms. The van der Waals surface area contributed by atoms with Crippen LogP contribution in [0.4, 0.5) is 4.79 Å². The van der Waals surface area contributed by atoms with Crippen molar-refractivity contribution in [3.8, 4) is 0 Å². The second-order valence-corrected chi connectivity index (χ2v) is 4.98. The normalized spacial score (nSPS) is 11.7. The lowest BCUT2D eigenvalue weighted by molar-refractivity contribution is -0.121. The minimum Gasteiger partial charge on any atom is -0.352 e. The third kappa shape index (κ3) is 4.34. The van der Waals surface area contributed by atoms with Crippen molar-refractivity contribution in [2.45, 2.75) is 25.9 Å². The van der Waals surface area contributed by atoms with Crippen LogP contribution in [0.5, 0.6) is 0 Å². The maximum atomic E-state index is 12.1. The minimum absolute atomic E-state index is 0.113. The van der Waals surface area contributed by atoms with Gasteiger partial charge in [0.25, 0.3) is 0 Å². The molecule has 1 aromatic heterocycles. The van der Waals surface area contributed by atoms with Crippen molar-refractivity contribution in [1.29, 1.82) is 0 Å². The highest BCUT2D eigenvalue weighted by molar-refractivity contribution is 5.78. The summed E-state index contributed by atoms with van der Waals surface area (Å²) in [5.41, 5.74) is 7.88. The summed E-state index contributed by atoms with van der Waals surface area (Å²) in [4.78, 5) is 23.3. The number of nitrogens with two attached hydrogens (primary N) is 1. The first-order valence-corrected chi connectivity index (χ1v) is 6.92. The highest BCUT2D eigenvalue weighted by Crippen LogP contribution is 2.20. The lowest BCUT2D eigenvalue weighted by atomic mass is 9.98. The van der Waals surface area contributed by atoms with E-state index >= 15 is 0 Å². The van der Waals surface area contributed by atoms with Crippen molar-refractivity contribution >= 4 is 11.9 Å². The molecule has 1 atom stereocenters. The van der Waals surface area contributed by atoms with E-state index in [1.165, 1.54) is 0 Å². The number of carbonyl (C=O) groups is 2. The van der Waals surface area contributed by atoms with E-state index in [4.69, 9.17) is 5.73 Å². The first kappa shape index (κ1) is 15.6. The molecule has 22 heavy (non-hydrogen) atoms. The molecule has 0 fully saturated rings. The summed E-state index contributed by atoms with van der Waals surface area (Å²) in [6.45, 7) is 2.28. The minimum atomic E-state index is -0.658. The van der Waals surface area contributed by atoms with Crippen LogP contribution in [0.25, 0.3) is 0 Å². The Morgan fingerprint density at radius 1 is 1.32 bits per heavy atom. The number of benzene rings is 1. The zero-order valence-corrected chi connectivity index (χ0v) is 12.3.